The van der Waals surface area contributed by atoms with E-state index in [0.29, 0.717) is 16.7 Å². The van der Waals surface area contributed by atoms with E-state index in [1.807, 2.05) is 27.7 Å². The van der Waals surface area contributed by atoms with Gasteiger partial charge in [-0.2, -0.15) is 0 Å². The minimum absolute atomic E-state index is 0.272. The van der Waals surface area contributed by atoms with E-state index in [0.717, 1.165) is 5.56 Å². The van der Waals surface area contributed by atoms with Crippen LogP contribution in [0, 0.1) is 0 Å². The van der Waals surface area contributed by atoms with Crippen LogP contribution >= 0.6 is 23.2 Å². The van der Waals surface area contributed by atoms with Crippen LogP contribution in [0.4, 0.5) is 0 Å². The average molecular weight is 419 g/mol. The lowest BCUT2D eigenvalue weighted by atomic mass is 10.1. The van der Waals surface area contributed by atoms with Crippen molar-refractivity contribution in [3.63, 3.8) is 0 Å². The fraction of sp³-hybridized carbons (Fsp3) is 0.684. The molecule has 0 amide bonds. The Morgan fingerprint density at radius 1 is 1.04 bits per heavy atom. The highest BCUT2D eigenvalue weighted by Crippen LogP contribution is 2.42. The quantitative estimate of drug-likeness (QED) is 0.738. The lowest BCUT2D eigenvalue weighted by Gasteiger charge is -2.29. The van der Waals surface area contributed by atoms with E-state index in [9.17, 15) is 0 Å². The second kappa shape index (κ2) is 7.11. The number of ether oxygens (including phenoxy) is 6. The molecule has 0 saturated carbocycles. The average Bonchev–Trinajstić information content (AvgIpc) is 3.17. The first-order valence-electron chi connectivity index (χ1n) is 9.02. The summed E-state index contributed by atoms with van der Waals surface area (Å²) in [6, 6.07) is 5.29. The Labute approximate surface area is 168 Å². The number of hydrogen-bond acceptors (Lipinski definition) is 6. The molecule has 8 heteroatoms. The molecular formula is C19H24Cl2O6. The van der Waals surface area contributed by atoms with Crippen molar-refractivity contribution in [1.29, 1.82) is 0 Å². The van der Waals surface area contributed by atoms with Gasteiger partial charge in [0.15, 0.2) is 17.9 Å². The molecule has 1 aromatic rings. The van der Waals surface area contributed by atoms with Gasteiger partial charge in [-0.1, -0.05) is 23.2 Å². The van der Waals surface area contributed by atoms with Crippen molar-refractivity contribution in [3.05, 3.63) is 33.8 Å². The van der Waals surface area contributed by atoms with Gasteiger partial charge in [0.05, 0.1) is 13.2 Å². The zero-order valence-corrected chi connectivity index (χ0v) is 17.3. The Hall–Kier alpha value is -0.440. The van der Waals surface area contributed by atoms with Crippen LogP contribution < -0.4 is 0 Å². The summed E-state index contributed by atoms with van der Waals surface area (Å²) < 4.78 is 35.9. The predicted molar refractivity (Wildman–Crippen MR) is 98.6 cm³/mol. The van der Waals surface area contributed by atoms with Crippen molar-refractivity contribution >= 4 is 23.2 Å². The first-order valence-corrected chi connectivity index (χ1v) is 9.78. The molecule has 0 aromatic heterocycles. The van der Waals surface area contributed by atoms with Gasteiger partial charge in [-0.3, -0.25) is 0 Å². The Bertz CT molecular complexity index is 709. The fourth-order valence-electron chi connectivity index (χ4n) is 3.71. The molecule has 1 aromatic carbocycles. The third-order valence-electron chi connectivity index (χ3n) is 4.86. The van der Waals surface area contributed by atoms with Gasteiger partial charge in [-0.15, -0.1) is 0 Å². The monoisotopic (exact) mass is 418 g/mol. The molecule has 0 N–H and O–H groups in total. The molecule has 3 aliphatic heterocycles. The van der Waals surface area contributed by atoms with Gasteiger partial charge in [0.25, 0.3) is 0 Å². The van der Waals surface area contributed by atoms with Gasteiger partial charge in [-0.05, 0) is 51.5 Å². The molecule has 27 heavy (non-hydrogen) atoms. The minimum Gasteiger partial charge on any atom is -0.368 e. The Kier molecular flexibility index (Phi) is 5.23. The van der Waals surface area contributed by atoms with Crippen molar-refractivity contribution in [2.75, 3.05) is 6.61 Å². The predicted octanol–water partition coefficient (Wildman–Crippen LogP) is 3.91. The molecule has 0 aliphatic carbocycles. The third-order valence-corrected chi connectivity index (χ3v) is 5.47. The van der Waals surface area contributed by atoms with Crippen molar-refractivity contribution in [1.82, 2.24) is 0 Å². The van der Waals surface area contributed by atoms with Crippen LogP contribution in [0.25, 0.3) is 0 Å². The van der Waals surface area contributed by atoms with Crippen molar-refractivity contribution in [3.8, 4) is 0 Å². The smallest absolute Gasteiger partial charge is 0.190 e. The Morgan fingerprint density at radius 2 is 1.81 bits per heavy atom. The molecule has 3 aliphatic rings. The molecule has 5 atom stereocenters. The highest BCUT2D eigenvalue weighted by molar-refractivity contribution is 6.33. The molecule has 4 rings (SSSR count). The van der Waals surface area contributed by atoms with E-state index in [1.165, 1.54) is 0 Å². The standard InChI is InChI=1S/C19H24Cl2O6/c1-18(2)23-9-13(25-18)14-15(16-17(24-14)27-19(3,4)26-16)22-8-10-7-11(20)5-6-12(10)21/h5-7,13-17H,8-9H2,1-4H3/t13-,14-,15-,16-,17-/m1/s1. The molecule has 3 saturated heterocycles. The Balaban J connectivity index is 1.52. The van der Waals surface area contributed by atoms with E-state index < -0.39 is 24.0 Å². The maximum absolute atomic E-state index is 6.27. The second-order valence-corrected chi connectivity index (χ2v) is 8.79. The molecular weight excluding hydrogens is 395 g/mol. The summed E-state index contributed by atoms with van der Waals surface area (Å²) >= 11 is 12.4. The van der Waals surface area contributed by atoms with E-state index in [4.69, 9.17) is 51.6 Å². The summed E-state index contributed by atoms with van der Waals surface area (Å²) in [6.07, 6.45) is -1.93. The lowest BCUT2D eigenvalue weighted by molar-refractivity contribution is -0.236. The van der Waals surface area contributed by atoms with Crippen LogP contribution in [-0.4, -0.2) is 48.9 Å². The first kappa shape index (κ1) is 19.9. The highest BCUT2D eigenvalue weighted by Gasteiger charge is 2.58. The topological polar surface area (TPSA) is 55.4 Å². The number of fused-ring (bicyclic) bond motifs is 1. The van der Waals surface area contributed by atoms with Crippen LogP contribution in [-0.2, 0) is 35.0 Å². The summed E-state index contributed by atoms with van der Waals surface area (Å²) in [7, 11) is 0. The summed E-state index contributed by atoms with van der Waals surface area (Å²) in [5.74, 6) is -1.39. The van der Waals surface area contributed by atoms with Crippen LogP contribution in [0.1, 0.15) is 33.3 Å². The summed E-state index contributed by atoms with van der Waals surface area (Å²) in [6.45, 7) is 8.15. The van der Waals surface area contributed by atoms with Crippen LogP contribution in [0.5, 0.6) is 0 Å². The largest absolute Gasteiger partial charge is 0.368 e. The van der Waals surface area contributed by atoms with Gasteiger partial charge >= 0.3 is 0 Å². The lowest BCUT2D eigenvalue weighted by Crippen LogP contribution is -2.44. The maximum atomic E-state index is 6.27. The van der Waals surface area contributed by atoms with Gasteiger partial charge in [0.2, 0.25) is 0 Å². The van der Waals surface area contributed by atoms with Crippen molar-refractivity contribution < 1.29 is 28.4 Å². The summed E-state index contributed by atoms with van der Waals surface area (Å²) in [5.41, 5.74) is 0.800. The second-order valence-electron chi connectivity index (χ2n) is 7.95. The number of benzene rings is 1. The van der Waals surface area contributed by atoms with Gasteiger partial charge in [0.1, 0.15) is 24.4 Å². The normalized spacial score (nSPS) is 36.9. The van der Waals surface area contributed by atoms with E-state index >= 15 is 0 Å². The van der Waals surface area contributed by atoms with Crippen LogP contribution in [0.15, 0.2) is 18.2 Å². The van der Waals surface area contributed by atoms with Crippen LogP contribution in [0.3, 0.4) is 0 Å². The third kappa shape index (κ3) is 4.14. The first-order chi connectivity index (χ1) is 12.6. The molecule has 0 bridgehead atoms. The summed E-state index contributed by atoms with van der Waals surface area (Å²) in [4.78, 5) is 0. The molecule has 3 heterocycles. The van der Waals surface area contributed by atoms with Crippen molar-refractivity contribution in [2.24, 2.45) is 0 Å². The van der Waals surface area contributed by atoms with E-state index in [-0.39, 0.29) is 24.9 Å². The number of halogens is 2. The SMILES string of the molecule is CC1(C)O[C@H]2O[C@H]([C@H]3COC(C)(C)O3)[C@@H](OCc3cc(Cl)ccc3Cl)[C@H]2O1. The fourth-order valence-corrected chi connectivity index (χ4v) is 4.08. The summed E-state index contributed by atoms with van der Waals surface area (Å²) in [5, 5.41) is 1.20. The van der Waals surface area contributed by atoms with Crippen LogP contribution in [0.2, 0.25) is 10.0 Å². The van der Waals surface area contributed by atoms with Gasteiger partial charge < -0.3 is 28.4 Å². The maximum Gasteiger partial charge on any atom is 0.190 e. The molecule has 150 valence electrons. The molecule has 3 fully saturated rings. The minimum atomic E-state index is -0.734. The zero-order valence-electron chi connectivity index (χ0n) is 15.7. The molecule has 0 radical (unpaired) electrons. The molecule has 0 unspecified atom stereocenters. The van der Waals surface area contributed by atoms with E-state index in [2.05, 4.69) is 0 Å². The van der Waals surface area contributed by atoms with Gasteiger partial charge in [-0.25, -0.2) is 0 Å². The van der Waals surface area contributed by atoms with Gasteiger partial charge in [0, 0.05) is 10.0 Å². The molecule has 6 nitrogen and oxygen atoms in total. The van der Waals surface area contributed by atoms with E-state index in [1.54, 1.807) is 18.2 Å². The Morgan fingerprint density at radius 3 is 2.52 bits per heavy atom. The highest BCUT2D eigenvalue weighted by atomic mass is 35.5. The number of rotatable bonds is 4. The number of hydrogen-bond donors (Lipinski definition) is 0. The molecule has 0 spiro atoms. The van der Waals surface area contributed by atoms with Crippen molar-refractivity contribution in [2.45, 2.75) is 76.6 Å². The zero-order chi connectivity index (χ0) is 19.4.